The van der Waals surface area contributed by atoms with E-state index in [1.165, 1.54) is 22.3 Å². The molecule has 2 heterocycles. The number of nitrogens with zero attached hydrogens (tertiary/aromatic N) is 1. The molecular formula is C40H50NO2P. The third-order valence-electron chi connectivity index (χ3n) is 9.25. The molecule has 0 saturated carbocycles. The van der Waals surface area contributed by atoms with Crippen molar-refractivity contribution in [1.29, 1.82) is 0 Å². The molecule has 0 saturated heterocycles. The number of rotatable bonds is 2. The summed E-state index contributed by atoms with van der Waals surface area (Å²) in [6, 6.07) is 31.0. The van der Waals surface area contributed by atoms with E-state index in [1.807, 2.05) is 0 Å². The molecule has 4 aromatic rings. The van der Waals surface area contributed by atoms with E-state index in [2.05, 4.69) is 173 Å². The topological polar surface area (TPSA) is 21.7 Å². The molecule has 0 aliphatic carbocycles. The van der Waals surface area contributed by atoms with Crippen molar-refractivity contribution >= 4 is 29.2 Å². The van der Waals surface area contributed by atoms with Gasteiger partial charge in [0.2, 0.25) is 0 Å². The molecule has 0 fully saturated rings. The number of fused-ring (bicyclic) bond motifs is 5. The molecule has 2 aliphatic heterocycles. The van der Waals surface area contributed by atoms with Gasteiger partial charge in [-0.15, -0.1) is 0 Å². The standard InChI is InChI=1S/C40H50NO2P/c1-37(2,3)27-23-31(39(7,8)9)35-33(25-27)41-34-26-28(38(4,5)6)24-32(40(10,11)12)36(34)43-44(41,42-35,29-19-15-13-16-20-29)30-21-17-14-18-22-30/h13-26H,1-12H3. The second-order valence-corrected chi connectivity index (χ2v) is 20.5. The third-order valence-corrected chi connectivity index (χ3v) is 13.9. The maximum atomic E-state index is 7.81. The van der Waals surface area contributed by atoms with Crippen molar-refractivity contribution in [2.45, 2.75) is 105 Å². The number of anilines is 2. The summed E-state index contributed by atoms with van der Waals surface area (Å²) in [7, 11) is -4.10. The molecule has 0 bridgehead atoms. The summed E-state index contributed by atoms with van der Waals surface area (Å²) < 4.78 is 18.2. The second kappa shape index (κ2) is 9.37. The Hall–Kier alpha value is -3.29. The van der Waals surface area contributed by atoms with Crippen LogP contribution >= 0.6 is 7.21 Å². The fraction of sp³-hybridized carbons (Fsp3) is 0.400. The quantitative estimate of drug-likeness (QED) is 0.212. The van der Waals surface area contributed by atoms with Gasteiger partial charge in [0.15, 0.2) is 0 Å². The minimum atomic E-state index is -4.10. The summed E-state index contributed by atoms with van der Waals surface area (Å²) in [6.45, 7) is 27.5. The van der Waals surface area contributed by atoms with Gasteiger partial charge in [-0.25, -0.2) is 0 Å². The van der Waals surface area contributed by atoms with Gasteiger partial charge < -0.3 is 0 Å². The fourth-order valence-corrected chi connectivity index (χ4v) is 11.6. The van der Waals surface area contributed by atoms with E-state index in [0.717, 1.165) is 33.5 Å². The average molecular weight is 608 g/mol. The van der Waals surface area contributed by atoms with Gasteiger partial charge in [-0.2, -0.15) is 0 Å². The van der Waals surface area contributed by atoms with E-state index in [-0.39, 0.29) is 21.7 Å². The zero-order valence-corrected chi connectivity index (χ0v) is 29.7. The molecule has 232 valence electrons. The SMILES string of the molecule is CC(C)(C)c1cc2c(c(C(C)(C)C)c1)OP1(c3ccccc3)(c3ccccc3)Oc3c(cc(C(C)(C)C)cc3C(C)(C)C)N21. The molecule has 3 nitrogen and oxygen atoms in total. The van der Waals surface area contributed by atoms with Crippen molar-refractivity contribution in [1.82, 2.24) is 0 Å². The summed E-state index contributed by atoms with van der Waals surface area (Å²) in [5.74, 6) is 1.86. The molecule has 44 heavy (non-hydrogen) atoms. The first-order valence-corrected chi connectivity index (χ1v) is 18.0. The Morgan fingerprint density at radius 1 is 0.455 bits per heavy atom. The molecule has 2 aliphatic rings. The van der Waals surface area contributed by atoms with Crippen molar-refractivity contribution < 1.29 is 9.05 Å². The van der Waals surface area contributed by atoms with Crippen LogP contribution in [-0.2, 0) is 21.7 Å². The molecule has 0 aromatic heterocycles. The Balaban J connectivity index is 1.87. The molecule has 4 aromatic carbocycles. The van der Waals surface area contributed by atoms with Crippen LogP contribution in [-0.4, -0.2) is 0 Å². The normalized spacial score (nSPS) is 17.9. The summed E-state index contributed by atoms with van der Waals surface area (Å²) in [5.41, 5.74) is 6.77. The molecule has 4 heteroatoms. The number of hydrogen-bond donors (Lipinski definition) is 0. The second-order valence-electron chi connectivity index (χ2n) is 16.8. The van der Waals surface area contributed by atoms with Crippen molar-refractivity contribution in [3.63, 3.8) is 0 Å². The first kappa shape index (κ1) is 30.7. The van der Waals surface area contributed by atoms with Crippen LogP contribution in [0.5, 0.6) is 11.5 Å². The van der Waals surface area contributed by atoms with Crippen LogP contribution in [0, 0.1) is 0 Å². The Labute approximate surface area is 265 Å². The summed E-state index contributed by atoms with van der Waals surface area (Å²) in [4.78, 5) is 0. The summed E-state index contributed by atoms with van der Waals surface area (Å²) >= 11 is 0. The van der Waals surface area contributed by atoms with Gasteiger partial charge in [0.1, 0.15) is 0 Å². The van der Waals surface area contributed by atoms with Gasteiger partial charge in [0.05, 0.1) is 0 Å². The van der Waals surface area contributed by atoms with Gasteiger partial charge in [-0.1, -0.05) is 0 Å². The number of hydrogen-bond acceptors (Lipinski definition) is 3. The first-order valence-electron chi connectivity index (χ1n) is 16.0. The van der Waals surface area contributed by atoms with Crippen molar-refractivity contribution in [2.24, 2.45) is 0 Å². The van der Waals surface area contributed by atoms with Crippen LogP contribution in [0.4, 0.5) is 11.4 Å². The van der Waals surface area contributed by atoms with Gasteiger partial charge in [-0.3, -0.25) is 0 Å². The van der Waals surface area contributed by atoms with Crippen LogP contribution in [0.2, 0.25) is 0 Å². The van der Waals surface area contributed by atoms with Crippen molar-refractivity contribution in [3.8, 4) is 11.5 Å². The summed E-state index contributed by atoms with van der Waals surface area (Å²) in [6.07, 6.45) is 0. The van der Waals surface area contributed by atoms with E-state index in [4.69, 9.17) is 9.05 Å². The predicted octanol–water partition coefficient (Wildman–Crippen LogP) is 10.7. The van der Waals surface area contributed by atoms with Gasteiger partial charge in [-0.05, 0) is 0 Å². The molecule has 0 amide bonds. The molecule has 0 radical (unpaired) electrons. The van der Waals surface area contributed by atoms with E-state index < -0.39 is 7.21 Å². The van der Waals surface area contributed by atoms with Crippen LogP contribution in [0.1, 0.15) is 105 Å². The van der Waals surface area contributed by atoms with Crippen molar-refractivity contribution in [2.75, 3.05) is 4.67 Å². The minimum absolute atomic E-state index is 0.0548. The molecular weight excluding hydrogens is 557 g/mol. The third kappa shape index (κ3) is 4.33. The monoisotopic (exact) mass is 607 g/mol. The molecule has 0 spiro atoms. The van der Waals surface area contributed by atoms with E-state index in [1.54, 1.807) is 0 Å². The Morgan fingerprint density at radius 2 is 0.795 bits per heavy atom. The van der Waals surface area contributed by atoms with Crippen molar-refractivity contribution in [3.05, 3.63) is 107 Å². The Kier molecular flexibility index (Phi) is 6.54. The number of benzene rings is 4. The van der Waals surface area contributed by atoms with Crippen LogP contribution < -0.4 is 24.3 Å². The Morgan fingerprint density at radius 3 is 1.09 bits per heavy atom. The van der Waals surface area contributed by atoms with Crippen LogP contribution in [0.15, 0.2) is 84.9 Å². The Bertz CT molecular complexity index is 1620. The molecule has 0 atom stereocenters. The average Bonchev–Trinajstić information content (AvgIpc) is 3.40. The van der Waals surface area contributed by atoms with Crippen LogP contribution in [0.3, 0.4) is 0 Å². The zero-order valence-electron chi connectivity index (χ0n) is 28.8. The zero-order chi connectivity index (χ0) is 32.1. The fourth-order valence-electron chi connectivity index (χ4n) is 6.65. The van der Waals surface area contributed by atoms with E-state index in [9.17, 15) is 0 Å². The van der Waals surface area contributed by atoms with E-state index >= 15 is 0 Å². The van der Waals surface area contributed by atoms with Gasteiger partial charge >= 0.3 is 266 Å². The van der Waals surface area contributed by atoms with Gasteiger partial charge in [0.25, 0.3) is 0 Å². The molecule has 0 unspecified atom stereocenters. The predicted molar refractivity (Wildman–Crippen MR) is 190 cm³/mol. The van der Waals surface area contributed by atoms with Gasteiger partial charge in [0, 0.05) is 0 Å². The first-order chi connectivity index (χ1) is 20.3. The van der Waals surface area contributed by atoms with E-state index in [0.29, 0.717) is 0 Å². The van der Waals surface area contributed by atoms with Crippen LogP contribution in [0.25, 0.3) is 0 Å². The molecule has 6 rings (SSSR count). The maximum absolute atomic E-state index is 7.81. The summed E-state index contributed by atoms with van der Waals surface area (Å²) in [5, 5.41) is 2.12. The molecule has 0 N–H and O–H groups in total.